The molecule has 0 bridgehead atoms. The summed E-state index contributed by atoms with van der Waals surface area (Å²) >= 11 is 0. The summed E-state index contributed by atoms with van der Waals surface area (Å²) in [7, 11) is 0. The SMILES string of the molecule is CCOC(=O)[C@H]1CC[C@@H](c2ccc(NC(=O)C(=O)NN)c(F)c2)CC1. The molecule has 1 aromatic carbocycles. The normalized spacial score (nSPS) is 19.8. The van der Waals surface area contributed by atoms with Gasteiger partial charge >= 0.3 is 17.8 Å². The summed E-state index contributed by atoms with van der Waals surface area (Å²) in [5.74, 6) is 2.03. The van der Waals surface area contributed by atoms with Crippen molar-refractivity contribution in [2.45, 2.75) is 38.5 Å². The van der Waals surface area contributed by atoms with Crippen molar-refractivity contribution in [2.75, 3.05) is 11.9 Å². The van der Waals surface area contributed by atoms with Crippen LogP contribution in [0, 0.1) is 11.7 Å². The third-order valence-corrected chi connectivity index (χ3v) is 4.40. The third-order valence-electron chi connectivity index (χ3n) is 4.40. The van der Waals surface area contributed by atoms with Gasteiger partial charge < -0.3 is 10.1 Å². The Balaban J connectivity index is 1.98. The molecular formula is C17H22FN3O4. The van der Waals surface area contributed by atoms with Crippen LogP contribution < -0.4 is 16.6 Å². The van der Waals surface area contributed by atoms with Gasteiger partial charge in [-0.3, -0.25) is 19.8 Å². The maximum atomic E-state index is 14.2. The van der Waals surface area contributed by atoms with Gasteiger partial charge in [-0.2, -0.15) is 0 Å². The van der Waals surface area contributed by atoms with Crippen molar-refractivity contribution < 1.29 is 23.5 Å². The molecule has 2 rings (SSSR count). The average Bonchev–Trinajstić information content (AvgIpc) is 2.63. The number of hydrogen-bond acceptors (Lipinski definition) is 5. The first-order valence-electron chi connectivity index (χ1n) is 8.24. The van der Waals surface area contributed by atoms with Gasteiger partial charge in [0.15, 0.2) is 0 Å². The highest BCUT2D eigenvalue weighted by molar-refractivity contribution is 6.39. The molecule has 25 heavy (non-hydrogen) atoms. The summed E-state index contributed by atoms with van der Waals surface area (Å²) in [6, 6.07) is 4.49. The van der Waals surface area contributed by atoms with Gasteiger partial charge in [0.1, 0.15) is 5.82 Å². The zero-order valence-corrected chi connectivity index (χ0v) is 14.0. The number of amides is 2. The van der Waals surface area contributed by atoms with E-state index in [-0.39, 0.29) is 23.5 Å². The van der Waals surface area contributed by atoms with Crippen LogP contribution in [0.5, 0.6) is 0 Å². The molecule has 2 amide bonds. The molecule has 136 valence electrons. The van der Waals surface area contributed by atoms with E-state index in [0.717, 1.165) is 18.4 Å². The molecule has 0 saturated heterocycles. The Morgan fingerprint density at radius 2 is 1.88 bits per heavy atom. The second-order valence-corrected chi connectivity index (χ2v) is 5.97. The van der Waals surface area contributed by atoms with Crippen LogP contribution in [0.2, 0.25) is 0 Å². The van der Waals surface area contributed by atoms with E-state index in [0.29, 0.717) is 19.4 Å². The Morgan fingerprint density at radius 3 is 2.44 bits per heavy atom. The van der Waals surface area contributed by atoms with E-state index in [1.807, 2.05) is 0 Å². The van der Waals surface area contributed by atoms with Crippen LogP contribution in [0.4, 0.5) is 10.1 Å². The number of carbonyl (C=O) groups is 3. The summed E-state index contributed by atoms with van der Waals surface area (Å²) < 4.78 is 19.2. The predicted molar refractivity (Wildman–Crippen MR) is 88.7 cm³/mol. The molecule has 0 atom stereocenters. The van der Waals surface area contributed by atoms with Crippen molar-refractivity contribution in [3.8, 4) is 0 Å². The number of carbonyl (C=O) groups excluding carboxylic acids is 3. The van der Waals surface area contributed by atoms with Gasteiger partial charge in [0.2, 0.25) is 0 Å². The van der Waals surface area contributed by atoms with Crippen LogP contribution in [-0.4, -0.2) is 24.4 Å². The molecule has 1 saturated carbocycles. The van der Waals surface area contributed by atoms with E-state index in [2.05, 4.69) is 5.32 Å². The predicted octanol–water partition coefficient (Wildman–Crippen LogP) is 1.59. The first-order chi connectivity index (χ1) is 12.0. The lowest BCUT2D eigenvalue weighted by molar-refractivity contribution is -0.149. The lowest BCUT2D eigenvalue weighted by atomic mass is 9.78. The molecular weight excluding hydrogens is 329 g/mol. The molecule has 0 aromatic heterocycles. The van der Waals surface area contributed by atoms with Crippen molar-refractivity contribution in [3.63, 3.8) is 0 Å². The van der Waals surface area contributed by atoms with Gasteiger partial charge in [-0.05, 0) is 56.2 Å². The van der Waals surface area contributed by atoms with Gasteiger partial charge in [0.05, 0.1) is 18.2 Å². The van der Waals surface area contributed by atoms with E-state index in [1.54, 1.807) is 18.4 Å². The molecule has 1 aromatic rings. The summed E-state index contributed by atoms with van der Waals surface area (Å²) in [4.78, 5) is 34.2. The van der Waals surface area contributed by atoms with E-state index in [1.165, 1.54) is 12.1 Å². The quantitative estimate of drug-likeness (QED) is 0.251. The van der Waals surface area contributed by atoms with Crippen molar-refractivity contribution in [1.82, 2.24) is 5.43 Å². The first kappa shape index (κ1) is 18.9. The van der Waals surface area contributed by atoms with Crippen molar-refractivity contribution in [1.29, 1.82) is 0 Å². The fourth-order valence-corrected chi connectivity index (χ4v) is 3.05. The molecule has 8 heteroatoms. The Bertz CT molecular complexity index is 657. The molecule has 0 spiro atoms. The highest BCUT2D eigenvalue weighted by atomic mass is 19.1. The standard InChI is InChI=1S/C17H22FN3O4/c1-2-25-17(24)11-5-3-10(4-6-11)12-7-8-14(13(18)9-12)20-15(22)16(23)21-19/h7-11H,2-6,19H2,1H3,(H,20,22)(H,21,23)/t10-,11+. The number of nitrogens with two attached hydrogens (primary N) is 1. The number of rotatable bonds is 4. The van der Waals surface area contributed by atoms with Crippen molar-refractivity contribution in [2.24, 2.45) is 11.8 Å². The summed E-state index contributed by atoms with van der Waals surface area (Å²) in [6.07, 6.45) is 2.95. The summed E-state index contributed by atoms with van der Waals surface area (Å²) in [5.41, 5.74) is 2.40. The maximum Gasteiger partial charge on any atom is 0.323 e. The molecule has 7 nitrogen and oxygen atoms in total. The van der Waals surface area contributed by atoms with Gasteiger partial charge in [-0.25, -0.2) is 10.2 Å². The molecule has 0 aliphatic heterocycles. The van der Waals surface area contributed by atoms with Gasteiger partial charge in [0.25, 0.3) is 0 Å². The topological polar surface area (TPSA) is 111 Å². The van der Waals surface area contributed by atoms with Gasteiger partial charge in [0, 0.05) is 0 Å². The number of halogens is 1. The summed E-state index contributed by atoms with van der Waals surface area (Å²) in [6.45, 7) is 2.16. The highest BCUT2D eigenvalue weighted by Gasteiger charge is 2.28. The molecule has 0 unspecified atom stereocenters. The van der Waals surface area contributed by atoms with Crippen LogP contribution in [-0.2, 0) is 19.1 Å². The Hall–Kier alpha value is -2.48. The van der Waals surface area contributed by atoms with Gasteiger partial charge in [-0.15, -0.1) is 0 Å². The van der Waals surface area contributed by atoms with Gasteiger partial charge in [-0.1, -0.05) is 6.07 Å². The zero-order valence-electron chi connectivity index (χ0n) is 14.0. The molecule has 1 fully saturated rings. The van der Waals surface area contributed by atoms with Crippen LogP contribution in [0.3, 0.4) is 0 Å². The molecule has 1 aliphatic rings. The lowest BCUT2D eigenvalue weighted by Gasteiger charge is -2.27. The number of hydrazine groups is 1. The monoisotopic (exact) mass is 351 g/mol. The van der Waals surface area contributed by atoms with Crippen LogP contribution in [0.15, 0.2) is 18.2 Å². The molecule has 0 heterocycles. The van der Waals surface area contributed by atoms with E-state index in [9.17, 15) is 18.8 Å². The van der Waals surface area contributed by atoms with Crippen molar-refractivity contribution in [3.05, 3.63) is 29.6 Å². The number of esters is 1. The largest absolute Gasteiger partial charge is 0.466 e. The number of anilines is 1. The number of benzene rings is 1. The fourth-order valence-electron chi connectivity index (χ4n) is 3.05. The number of hydrogen-bond donors (Lipinski definition) is 3. The smallest absolute Gasteiger partial charge is 0.323 e. The number of nitrogens with one attached hydrogen (secondary N) is 2. The summed E-state index contributed by atoms with van der Waals surface area (Å²) in [5, 5.41) is 2.16. The Morgan fingerprint density at radius 1 is 1.20 bits per heavy atom. The van der Waals surface area contributed by atoms with Crippen LogP contribution in [0.25, 0.3) is 0 Å². The minimum absolute atomic E-state index is 0.0856. The van der Waals surface area contributed by atoms with E-state index in [4.69, 9.17) is 10.6 Å². The lowest BCUT2D eigenvalue weighted by Crippen LogP contribution is -2.39. The zero-order chi connectivity index (χ0) is 18.4. The fraction of sp³-hybridized carbons (Fsp3) is 0.471. The molecule has 0 radical (unpaired) electrons. The minimum atomic E-state index is -1.05. The van der Waals surface area contributed by atoms with E-state index < -0.39 is 17.6 Å². The second kappa shape index (κ2) is 8.57. The van der Waals surface area contributed by atoms with Crippen LogP contribution in [0.1, 0.15) is 44.1 Å². The first-order valence-corrected chi connectivity index (χ1v) is 8.24. The Kier molecular flexibility index (Phi) is 6.46. The second-order valence-electron chi connectivity index (χ2n) is 5.97. The Labute approximate surface area is 145 Å². The van der Waals surface area contributed by atoms with E-state index >= 15 is 0 Å². The van der Waals surface area contributed by atoms with Crippen LogP contribution >= 0.6 is 0 Å². The average molecular weight is 351 g/mol. The highest BCUT2D eigenvalue weighted by Crippen LogP contribution is 2.37. The maximum absolute atomic E-state index is 14.2. The number of ether oxygens (including phenoxy) is 1. The molecule has 4 N–H and O–H groups in total. The molecule has 1 aliphatic carbocycles. The third kappa shape index (κ3) is 4.76. The minimum Gasteiger partial charge on any atom is -0.466 e. The van der Waals surface area contributed by atoms with Crippen molar-refractivity contribution >= 4 is 23.5 Å².